The number of carbonyl (C=O) groups excluding carboxylic acids is 3. The second kappa shape index (κ2) is 9.55. The molecule has 0 radical (unpaired) electrons. The number of nitrogens with zero attached hydrogens (tertiary/aromatic N) is 1. The molecule has 0 saturated carbocycles. The molecule has 1 atom stereocenters. The summed E-state index contributed by atoms with van der Waals surface area (Å²) < 4.78 is 0. The summed E-state index contributed by atoms with van der Waals surface area (Å²) in [5.74, 6) is -2.19. The summed E-state index contributed by atoms with van der Waals surface area (Å²) in [4.78, 5) is 37.7. The molecule has 0 fully saturated rings. The first kappa shape index (κ1) is 19.5. The molecule has 1 heterocycles. The zero-order valence-electron chi connectivity index (χ0n) is 13.9. The minimum absolute atomic E-state index is 0.0902. The molecule has 0 spiro atoms. The minimum Gasteiger partial charge on any atom is -0.400 e. The number of halogens is 1. The van der Waals surface area contributed by atoms with E-state index in [1.54, 1.807) is 0 Å². The third-order valence-corrected chi connectivity index (χ3v) is 4.16. The van der Waals surface area contributed by atoms with Crippen LogP contribution in [-0.4, -0.2) is 35.0 Å². The highest BCUT2D eigenvalue weighted by Crippen LogP contribution is 2.25. The van der Waals surface area contributed by atoms with Gasteiger partial charge in [-0.1, -0.05) is 39.5 Å². The van der Waals surface area contributed by atoms with Gasteiger partial charge in [0.15, 0.2) is 0 Å². The van der Waals surface area contributed by atoms with Crippen LogP contribution in [0.2, 0.25) is 0 Å². The fraction of sp³-hybridized carbons (Fsp3) is 0.688. The highest BCUT2D eigenvalue weighted by atomic mass is 35.5. The number of hydrogen-bond acceptors (Lipinski definition) is 4. The van der Waals surface area contributed by atoms with Crippen molar-refractivity contribution in [3.05, 3.63) is 11.4 Å². The summed E-state index contributed by atoms with van der Waals surface area (Å²) in [6.07, 6.45) is 4.96. The Kier molecular flexibility index (Phi) is 8.09. The number of unbranched alkanes of at least 4 members (excludes halogenated alkanes) is 3. The van der Waals surface area contributed by atoms with E-state index in [1.807, 2.05) is 13.8 Å². The van der Waals surface area contributed by atoms with Gasteiger partial charge in [0.2, 0.25) is 11.8 Å². The molecule has 1 aliphatic rings. The van der Waals surface area contributed by atoms with Crippen LogP contribution >= 0.6 is 11.6 Å². The van der Waals surface area contributed by atoms with Crippen molar-refractivity contribution in [3.63, 3.8) is 0 Å². The zero-order chi connectivity index (χ0) is 17.4. The Hall–Kier alpha value is -1.56. The van der Waals surface area contributed by atoms with Crippen molar-refractivity contribution in [1.29, 1.82) is 0 Å². The van der Waals surface area contributed by atoms with Crippen molar-refractivity contribution in [2.75, 3.05) is 12.4 Å². The van der Waals surface area contributed by atoms with Gasteiger partial charge in [0, 0.05) is 6.54 Å². The van der Waals surface area contributed by atoms with E-state index in [1.165, 1.54) is 4.90 Å². The van der Waals surface area contributed by atoms with Crippen LogP contribution in [0.1, 0.15) is 52.4 Å². The molecule has 0 aromatic carbocycles. The van der Waals surface area contributed by atoms with Gasteiger partial charge >= 0.3 is 0 Å². The Morgan fingerprint density at radius 3 is 2.43 bits per heavy atom. The third-order valence-electron chi connectivity index (χ3n) is 3.93. The van der Waals surface area contributed by atoms with E-state index in [0.29, 0.717) is 13.0 Å². The Labute approximate surface area is 142 Å². The van der Waals surface area contributed by atoms with E-state index in [4.69, 9.17) is 17.3 Å². The van der Waals surface area contributed by atoms with E-state index in [0.717, 1.165) is 32.1 Å². The van der Waals surface area contributed by atoms with Gasteiger partial charge in [-0.15, -0.1) is 11.6 Å². The number of rotatable bonds is 9. The molecule has 23 heavy (non-hydrogen) atoms. The predicted molar refractivity (Wildman–Crippen MR) is 89.3 cm³/mol. The van der Waals surface area contributed by atoms with Crippen LogP contribution in [0.15, 0.2) is 11.4 Å². The number of carbonyl (C=O) groups is 3. The lowest BCUT2D eigenvalue weighted by molar-refractivity contribution is -0.136. The molecule has 0 aliphatic carbocycles. The molecule has 1 rings (SSSR count). The van der Waals surface area contributed by atoms with Crippen molar-refractivity contribution in [2.24, 2.45) is 11.7 Å². The van der Waals surface area contributed by atoms with Gasteiger partial charge in [-0.2, -0.15) is 0 Å². The van der Waals surface area contributed by atoms with Crippen LogP contribution in [0.4, 0.5) is 0 Å². The summed E-state index contributed by atoms with van der Waals surface area (Å²) in [6, 6.07) is 0. The summed E-state index contributed by atoms with van der Waals surface area (Å²) in [7, 11) is 0. The van der Waals surface area contributed by atoms with Crippen molar-refractivity contribution >= 4 is 29.3 Å². The van der Waals surface area contributed by atoms with Gasteiger partial charge in [-0.25, -0.2) is 0 Å². The van der Waals surface area contributed by atoms with Crippen molar-refractivity contribution in [1.82, 2.24) is 10.2 Å². The summed E-state index contributed by atoms with van der Waals surface area (Å²) in [5.41, 5.74) is 6.38. The molecule has 0 aromatic rings. The molecule has 0 bridgehead atoms. The Balaban J connectivity index is 3.12. The van der Waals surface area contributed by atoms with Gasteiger partial charge in [-0.05, 0) is 12.8 Å². The number of nitrogens with two attached hydrogens (primary N) is 1. The van der Waals surface area contributed by atoms with Crippen LogP contribution < -0.4 is 11.1 Å². The van der Waals surface area contributed by atoms with Crippen LogP contribution in [0.25, 0.3) is 0 Å². The maximum atomic E-state index is 12.2. The summed E-state index contributed by atoms with van der Waals surface area (Å²) in [6.45, 7) is 4.44. The average molecular weight is 344 g/mol. The lowest BCUT2D eigenvalue weighted by Gasteiger charge is -2.31. The number of amides is 3. The normalized spacial score (nSPS) is 18.1. The van der Waals surface area contributed by atoms with Crippen LogP contribution in [0, 0.1) is 5.92 Å². The largest absolute Gasteiger partial charge is 0.400 e. The predicted octanol–water partition coefficient (Wildman–Crippen LogP) is 1.88. The summed E-state index contributed by atoms with van der Waals surface area (Å²) >= 11 is 5.67. The smallest absolute Gasteiger partial charge is 0.276 e. The number of imide groups is 1. The third kappa shape index (κ3) is 4.96. The molecule has 3 amide bonds. The maximum Gasteiger partial charge on any atom is 0.276 e. The summed E-state index contributed by atoms with van der Waals surface area (Å²) in [5, 5.41) is 2.32. The van der Waals surface area contributed by atoms with E-state index < -0.39 is 17.7 Å². The van der Waals surface area contributed by atoms with E-state index >= 15 is 0 Å². The molecule has 1 unspecified atom stereocenters. The van der Waals surface area contributed by atoms with E-state index in [9.17, 15) is 14.4 Å². The van der Waals surface area contributed by atoms with Crippen molar-refractivity contribution in [2.45, 2.75) is 52.4 Å². The van der Waals surface area contributed by atoms with Gasteiger partial charge in [0.05, 0.1) is 11.6 Å². The minimum atomic E-state index is -0.616. The highest BCUT2D eigenvalue weighted by molar-refractivity contribution is 6.27. The standard InChI is InChI=1S/C16H26ClN3O3/c1-3-5-7-9-20(12(21)10-17)14-13(18)11(8-6-4-2)15(22)19-16(14)23/h11H,3-10,18H2,1-2H3,(H,19,22,23). The SMILES string of the molecule is CCCCCN(C(=O)CCl)C1=C(N)C(CCCC)C(=O)NC1=O. The lowest BCUT2D eigenvalue weighted by Crippen LogP contribution is -2.50. The molecular weight excluding hydrogens is 318 g/mol. The Morgan fingerprint density at radius 2 is 1.87 bits per heavy atom. The first-order chi connectivity index (χ1) is 11.0. The van der Waals surface area contributed by atoms with Crippen LogP contribution in [0.3, 0.4) is 0 Å². The Morgan fingerprint density at radius 1 is 1.22 bits per heavy atom. The molecule has 1 aliphatic heterocycles. The van der Waals surface area contributed by atoms with E-state index in [-0.39, 0.29) is 23.2 Å². The quantitative estimate of drug-likeness (QED) is 0.380. The zero-order valence-corrected chi connectivity index (χ0v) is 14.6. The maximum absolute atomic E-state index is 12.2. The second-order valence-electron chi connectivity index (χ2n) is 5.70. The average Bonchev–Trinajstić information content (AvgIpc) is 2.52. The van der Waals surface area contributed by atoms with Crippen LogP contribution in [0.5, 0.6) is 0 Å². The first-order valence-corrected chi connectivity index (χ1v) is 8.72. The molecule has 7 heteroatoms. The first-order valence-electron chi connectivity index (χ1n) is 8.19. The molecule has 130 valence electrons. The van der Waals surface area contributed by atoms with Gasteiger partial charge in [0.25, 0.3) is 5.91 Å². The van der Waals surface area contributed by atoms with Gasteiger partial charge in [0.1, 0.15) is 11.6 Å². The van der Waals surface area contributed by atoms with Gasteiger partial charge < -0.3 is 10.6 Å². The molecule has 6 nitrogen and oxygen atoms in total. The topological polar surface area (TPSA) is 92.5 Å². The molecule has 0 aromatic heterocycles. The molecule has 3 N–H and O–H groups in total. The van der Waals surface area contributed by atoms with Crippen molar-refractivity contribution in [3.8, 4) is 0 Å². The molecular formula is C16H26ClN3O3. The lowest BCUT2D eigenvalue weighted by atomic mass is 9.93. The number of hydrogen-bond donors (Lipinski definition) is 2. The van der Waals surface area contributed by atoms with Crippen molar-refractivity contribution < 1.29 is 14.4 Å². The van der Waals surface area contributed by atoms with Gasteiger partial charge in [-0.3, -0.25) is 19.7 Å². The Bertz CT molecular complexity index is 491. The fourth-order valence-corrected chi connectivity index (χ4v) is 2.77. The number of nitrogens with one attached hydrogen (secondary N) is 1. The molecule has 0 saturated heterocycles. The fourth-order valence-electron chi connectivity index (χ4n) is 2.62. The monoisotopic (exact) mass is 343 g/mol. The second-order valence-corrected chi connectivity index (χ2v) is 5.97. The van der Waals surface area contributed by atoms with Crippen LogP contribution in [-0.2, 0) is 14.4 Å². The highest BCUT2D eigenvalue weighted by Gasteiger charge is 2.37. The van der Waals surface area contributed by atoms with E-state index in [2.05, 4.69) is 5.32 Å². The number of alkyl halides is 1.